The Morgan fingerprint density at radius 3 is 1.94 bits per heavy atom. The van der Waals surface area contributed by atoms with Crippen LogP contribution in [0, 0.1) is 0 Å². The van der Waals surface area contributed by atoms with E-state index in [1.807, 2.05) is 0 Å². The number of nitrogens with one attached hydrogen (secondary N) is 1. The molecule has 172 valence electrons. The molecular formula is C23H16N8O4. The van der Waals surface area contributed by atoms with Gasteiger partial charge in [-0.1, -0.05) is 42.5 Å². The van der Waals surface area contributed by atoms with Crippen LogP contribution in [0.4, 0.5) is 0 Å². The molecule has 6 rings (SSSR count). The third-order valence-electron chi connectivity index (χ3n) is 5.61. The second kappa shape index (κ2) is 7.66. The Bertz CT molecular complexity index is 1820. The van der Waals surface area contributed by atoms with Crippen LogP contribution in [0.1, 0.15) is 11.9 Å². The summed E-state index contributed by atoms with van der Waals surface area (Å²) in [4.78, 5) is 61.7. The first-order valence-corrected chi connectivity index (χ1v) is 10.6. The summed E-state index contributed by atoms with van der Waals surface area (Å²) in [6.07, 6.45) is 0.497. The Labute approximate surface area is 194 Å². The van der Waals surface area contributed by atoms with Crippen molar-refractivity contribution >= 4 is 5.96 Å². The van der Waals surface area contributed by atoms with Gasteiger partial charge in [0.25, 0.3) is 5.96 Å². The quantitative estimate of drug-likeness (QED) is 0.402. The van der Waals surface area contributed by atoms with E-state index in [1.165, 1.54) is 6.20 Å². The standard InChI is InChI=1S/C23H16N8O4/c32-20-26-29(21(33)27(20)15-9-3-1-4-10-15)19-25-18(17-13-7-8-14-24-17)30-22(34)28(23(35)31(19)30)16-11-5-2-6-12-16/h1-14,18H,(H,26,32). The number of H-pyrrole nitrogens is 1. The van der Waals surface area contributed by atoms with Gasteiger partial charge in [-0.05, 0) is 36.4 Å². The lowest BCUT2D eigenvalue weighted by Gasteiger charge is -2.07. The first-order valence-electron chi connectivity index (χ1n) is 10.6. The molecule has 1 aliphatic rings. The highest BCUT2D eigenvalue weighted by molar-refractivity contribution is 5.84. The minimum Gasteiger partial charge on any atom is -0.257 e. The molecule has 0 radical (unpaired) electrons. The summed E-state index contributed by atoms with van der Waals surface area (Å²) in [5.41, 5.74) is -1.87. The highest BCUT2D eigenvalue weighted by Gasteiger charge is 2.35. The lowest BCUT2D eigenvalue weighted by atomic mass is 10.3. The maximum atomic E-state index is 13.5. The van der Waals surface area contributed by atoms with Gasteiger partial charge in [-0.15, -0.1) is 0 Å². The summed E-state index contributed by atoms with van der Waals surface area (Å²) in [7, 11) is 0. The van der Waals surface area contributed by atoms with Crippen molar-refractivity contribution in [3.05, 3.63) is 133 Å². The monoisotopic (exact) mass is 468 g/mol. The van der Waals surface area contributed by atoms with E-state index in [4.69, 9.17) is 0 Å². The summed E-state index contributed by atoms with van der Waals surface area (Å²) in [6, 6.07) is 21.8. The first-order chi connectivity index (χ1) is 17.1. The molecule has 5 aromatic rings. The number of para-hydroxylation sites is 2. The average Bonchev–Trinajstić information content (AvgIpc) is 3.51. The van der Waals surface area contributed by atoms with Crippen molar-refractivity contribution in [1.82, 2.24) is 33.3 Å². The van der Waals surface area contributed by atoms with E-state index in [0.29, 0.717) is 17.1 Å². The summed E-state index contributed by atoms with van der Waals surface area (Å²) in [5, 5.41) is 2.44. The predicted molar refractivity (Wildman–Crippen MR) is 126 cm³/mol. The highest BCUT2D eigenvalue weighted by Crippen LogP contribution is 2.21. The van der Waals surface area contributed by atoms with E-state index in [2.05, 4.69) is 15.1 Å². The Morgan fingerprint density at radius 1 is 0.686 bits per heavy atom. The van der Waals surface area contributed by atoms with Gasteiger partial charge in [0.05, 0.1) is 17.1 Å². The zero-order valence-electron chi connectivity index (χ0n) is 17.9. The molecule has 1 aliphatic heterocycles. The van der Waals surface area contributed by atoms with Crippen LogP contribution in [0.3, 0.4) is 0 Å². The van der Waals surface area contributed by atoms with Crippen molar-refractivity contribution in [2.24, 2.45) is 4.99 Å². The molecule has 0 fully saturated rings. The van der Waals surface area contributed by atoms with Crippen LogP contribution in [0.5, 0.6) is 0 Å². The predicted octanol–water partition coefficient (Wildman–Crippen LogP) is 0.149. The van der Waals surface area contributed by atoms with Gasteiger partial charge in [0, 0.05) is 6.20 Å². The molecule has 2 aromatic carbocycles. The summed E-state index contributed by atoms with van der Waals surface area (Å²) in [6.45, 7) is 0. The van der Waals surface area contributed by atoms with Crippen LogP contribution in [0.15, 0.2) is 109 Å². The van der Waals surface area contributed by atoms with E-state index in [0.717, 1.165) is 23.2 Å². The second-order valence-electron chi connectivity index (χ2n) is 7.66. The largest absolute Gasteiger partial charge is 0.359 e. The number of pyridine rings is 1. The van der Waals surface area contributed by atoms with Gasteiger partial charge < -0.3 is 0 Å². The Balaban J connectivity index is 1.64. The zero-order chi connectivity index (χ0) is 24.1. The molecule has 0 bridgehead atoms. The summed E-state index contributed by atoms with van der Waals surface area (Å²) >= 11 is 0. The molecule has 0 saturated carbocycles. The first kappa shape index (κ1) is 20.4. The average molecular weight is 468 g/mol. The number of fused-ring (bicyclic) bond motifs is 1. The van der Waals surface area contributed by atoms with Gasteiger partial charge in [0.15, 0.2) is 6.17 Å². The van der Waals surface area contributed by atoms with Gasteiger partial charge in [-0.25, -0.2) is 38.4 Å². The van der Waals surface area contributed by atoms with E-state index in [1.54, 1.807) is 78.9 Å². The number of benzene rings is 2. The number of aromatic nitrogens is 7. The van der Waals surface area contributed by atoms with Crippen LogP contribution >= 0.6 is 0 Å². The molecule has 0 spiro atoms. The Hall–Kier alpha value is -5.26. The molecule has 1 unspecified atom stereocenters. The van der Waals surface area contributed by atoms with E-state index < -0.39 is 28.9 Å². The van der Waals surface area contributed by atoms with E-state index >= 15 is 0 Å². The van der Waals surface area contributed by atoms with Crippen LogP contribution < -0.4 is 22.8 Å². The minimum atomic E-state index is -1.04. The number of hydrogen-bond donors (Lipinski definition) is 1. The molecule has 35 heavy (non-hydrogen) atoms. The lowest BCUT2D eigenvalue weighted by molar-refractivity contribution is 0.514. The molecule has 0 saturated heterocycles. The number of aromatic amines is 1. The number of hydrogen-bond acceptors (Lipinski definition) is 6. The molecule has 1 N–H and O–H groups in total. The van der Waals surface area contributed by atoms with Crippen molar-refractivity contribution in [3.63, 3.8) is 0 Å². The fourth-order valence-corrected chi connectivity index (χ4v) is 4.06. The molecule has 12 heteroatoms. The Morgan fingerprint density at radius 2 is 1.31 bits per heavy atom. The molecule has 4 heterocycles. The second-order valence-corrected chi connectivity index (χ2v) is 7.66. The molecule has 12 nitrogen and oxygen atoms in total. The van der Waals surface area contributed by atoms with Crippen molar-refractivity contribution in [1.29, 1.82) is 0 Å². The third-order valence-corrected chi connectivity index (χ3v) is 5.61. The molecule has 1 atom stereocenters. The van der Waals surface area contributed by atoms with E-state index in [-0.39, 0.29) is 5.96 Å². The Kier molecular flexibility index (Phi) is 4.45. The van der Waals surface area contributed by atoms with Gasteiger partial charge in [0.2, 0.25) is 0 Å². The van der Waals surface area contributed by atoms with Gasteiger partial charge >= 0.3 is 22.8 Å². The molecule has 0 aliphatic carbocycles. The van der Waals surface area contributed by atoms with Crippen LogP contribution in [0.2, 0.25) is 0 Å². The smallest absolute Gasteiger partial charge is 0.257 e. The van der Waals surface area contributed by atoms with Crippen LogP contribution in [-0.2, 0) is 0 Å². The van der Waals surface area contributed by atoms with Crippen molar-refractivity contribution in [2.45, 2.75) is 6.17 Å². The van der Waals surface area contributed by atoms with Gasteiger partial charge in [-0.3, -0.25) is 4.98 Å². The van der Waals surface area contributed by atoms with E-state index in [9.17, 15) is 19.2 Å². The fourth-order valence-electron chi connectivity index (χ4n) is 4.06. The van der Waals surface area contributed by atoms with Crippen LogP contribution in [0.25, 0.3) is 11.4 Å². The number of aliphatic imine (C=N–C) groups is 1. The molecule has 3 aromatic heterocycles. The maximum absolute atomic E-state index is 13.5. The molecular weight excluding hydrogens is 452 g/mol. The summed E-state index contributed by atoms with van der Waals surface area (Å²) < 4.78 is 4.82. The SMILES string of the molecule is O=c1[nH]n(C2=NC(c3ccccn3)n3c(=O)n(-c4ccccc4)c(=O)n32)c(=O)n1-c1ccccc1. The van der Waals surface area contributed by atoms with Crippen molar-refractivity contribution in [2.75, 3.05) is 0 Å². The van der Waals surface area contributed by atoms with Gasteiger partial charge in [-0.2, -0.15) is 14.0 Å². The number of rotatable bonds is 3. The zero-order valence-corrected chi connectivity index (χ0v) is 17.9. The number of nitrogens with zero attached hydrogens (tertiary/aromatic N) is 7. The van der Waals surface area contributed by atoms with Crippen molar-refractivity contribution < 1.29 is 0 Å². The minimum absolute atomic E-state index is 0.228. The van der Waals surface area contributed by atoms with Crippen molar-refractivity contribution in [3.8, 4) is 11.4 Å². The van der Waals surface area contributed by atoms with Crippen LogP contribution in [-0.4, -0.2) is 39.2 Å². The van der Waals surface area contributed by atoms with Gasteiger partial charge in [0.1, 0.15) is 0 Å². The lowest BCUT2D eigenvalue weighted by Crippen LogP contribution is -2.39. The highest BCUT2D eigenvalue weighted by atomic mass is 16.2. The topological polar surface area (TPSA) is 134 Å². The normalized spacial score (nSPS) is 14.6. The fraction of sp³-hybridized carbons (Fsp3) is 0.0435. The molecule has 0 amide bonds. The maximum Gasteiger partial charge on any atom is 0.359 e. The third kappa shape index (κ3) is 3.00. The summed E-state index contributed by atoms with van der Waals surface area (Å²) in [5.74, 6) is -0.228.